The lowest BCUT2D eigenvalue weighted by molar-refractivity contribution is -0.0434. The normalized spacial score (nSPS) is 42.9. The van der Waals surface area contributed by atoms with Crippen molar-refractivity contribution < 1.29 is 9.53 Å². The number of rotatable bonds is 1. The Morgan fingerprint density at radius 3 is 2.88 bits per heavy atom. The van der Waals surface area contributed by atoms with Crippen LogP contribution in [0.2, 0.25) is 0 Å². The van der Waals surface area contributed by atoms with Gasteiger partial charge in [0.2, 0.25) is 0 Å². The van der Waals surface area contributed by atoms with Gasteiger partial charge in [0.25, 0.3) is 0 Å². The fourth-order valence-corrected chi connectivity index (χ4v) is 3.69. The lowest BCUT2D eigenvalue weighted by atomic mass is 9.61. The fraction of sp³-hybridized carbons (Fsp3) is 0.615. The molecular weight excluding hydrogens is 202 g/mol. The molecule has 0 N–H and O–H groups in total. The van der Waals surface area contributed by atoms with Gasteiger partial charge in [-0.25, -0.2) is 4.79 Å². The minimum atomic E-state index is -0.192. The second-order valence-corrected chi connectivity index (χ2v) is 5.31. The van der Waals surface area contributed by atoms with Crippen molar-refractivity contribution in [3.05, 3.63) is 24.3 Å². The van der Waals surface area contributed by atoms with E-state index in [1.54, 1.807) is 0 Å². The fourth-order valence-electron chi connectivity index (χ4n) is 3.69. The molecule has 1 spiro atoms. The smallest absolute Gasteiger partial charge is 0.409 e. The van der Waals surface area contributed by atoms with E-state index >= 15 is 0 Å². The van der Waals surface area contributed by atoms with Crippen LogP contribution in [0.1, 0.15) is 13.3 Å². The third-order valence-electron chi connectivity index (χ3n) is 4.59. The summed E-state index contributed by atoms with van der Waals surface area (Å²) in [5.41, 5.74) is 1.45. The minimum Gasteiger partial charge on any atom is -0.453 e. The summed E-state index contributed by atoms with van der Waals surface area (Å²) in [5.74, 6) is 1.09. The van der Waals surface area contributed by atoms with Gasteiger partial charge in [-0.15, -0.1) is 0 Å². The van der Waals surface area contributed by atoms with Crippen LogP contribution >= 0.6 is 0 Å². The molecule has 3 nitrogen and oxygen atoms in total. The number of ether oxygens (including phenoxy) is 1. The van der Waals surface area contributed by atoms with Crippen molar-refractivity contribution in [2.24, 2.45) is 17.3 Å². The molecule has 1 heterocycles. The SMILES string of the molecule is C=C(C)C1CC2C=CC23CN(C(=O)OC)C13. The zero-order chi connectivity index (χ0) is 11.5. The first-order chi connectivity index (χ1) is 7.60. The highest BCUT2D eigenvalue weighted by atomic mass is 16.5. The Labute approximate surface area is 95.8 Å². The molecule has 0 aromatic rings. The van der Waals surface area contributed by atoms with Gasteiger partial charge in [-0.1, -0.05) is 24.3 Å². The van der Waals surface area contributed by atoms with Gasteiger partial charge in [-0.05, 0) is 19.3 Å². The number of carbonyl (C=O) groups excluding carboxylic acids is 1. The van der Waals surface area contributed by atoms with Crippen molar-refractivity contribution in [2.45, 2.75) is 19.4 Å². The van der Waals surface area contributed by atoms with Gasteiger partial charge < -0.3 is 9.64 Å². The van der Waals surface area contributed by atoms with Crippen molar-refractivity contribution >= 4 is 6.09 Å². The maximum absolute atomic E-state index is 11.6. The Balaban J connectivity index is 1.88. The number of nitrogens with zero attached hydrogens (tertiary/aromatic N) is 1. The Bertz CT molecular complexity index is 401. The zero-order valence-electron chi connectivity index (χ0n) is 9.77. The Morgan fingerprint density at radius 1 is 1.62 bits per heavy atom. The van der Waals surface area contributed by atoms with E-state index in [2.05, 4.69) is 25.7 Å². The standard InChI is InChI=1S/C13H17NO2/c1-8(2)10-6-9-4-5-13(9)7-14(11(10)13)12(15)16-3/h4-5,9-11H,1,6-7H2,2-3H3. The summed E-state index contributed by atoms with van der Waals surface area (Å²) in [5, 5.41) is 0. The summed E-state index contributed by atoms with van der Waals surface area (Å²) in [7, 11) is 1.45. The molecule has 2 aliphatic carbocycles. The molecule has 3 rings (SSSR count). The van der Waals surface area contributed by atoms with E-state index in [9.17, 15) is 4.79 Å². The van der Waals surface area contributed by atoms with E-state index in [4.69, 9.17) is 4.74 Å². The molecule has 1 aliphatic heterocycles. The highest BCUT2D eigenvalue weighted by Crippen LogP contribution is 2.63. The van der Waals surface area contributed by atoms with E-state index in [1.165, 1.54) is 12.7 Å². The third-order valence-corrected chi connectivity index (χ3v) is 4.59. The Morgan fingerprint density at radius 2 is 2.38 bits per heavy atom. The van der Waals surface area contributed by atoms with Gasteiger partial charge in [0, 0.05) is 17.9 Å². The summed E-state index contributed by atoms with van der Waals surface area (Å²) in [4.78, 5) is 13.5. The van der Waals surface area contributed by atoms with Crippen molar-refractivity contribution in [3.63, 3.8) is 0 Å². The average Bonchev–Trinajstić information content (AvgIpc) is 2.34. The molecule has 4 atom stereocenters. The maximum atomic E-state index is 11.6. The highest BCUT2D eigenvalue weighted by molar-refractivity contribution is 5.71. The van der Waals surface area contributed by atoms with Crippen LogP contribution in [0.15, 0.2) is 24.3 Å². The van der Waals surface area contributed by atoms with Crippen LogP contribution in [0.25, 0.3) is 0 Å². The monoisotopic (exact) mass is 219 g/mol. The zero-order valence-corrected chi connectivity index (χ0v) is 9.77. The quantitative estimate of drug-likeness (QED) is 0.633. The van der Waals surface area contributed by atoms with Gasteiger partial charge >= 0.3 is 6.09 Å². The van der Waals surface area contributed by atoms with Crippen molar-refractivity contribution in [3.8, 4) is 0 Å². The van der Waals surface area contributed by atoms with Crippen LogP contribution in [0.3, 0.4) is 0 Å². The summed E-state index contributed by atoms with van der Waals surface area (Å²) in [6.07, 6.45) is 5.52. The Hall–Kier alpha value is -1.25. The van der Waals surface area contributed by atoms with Gasteiger partial charge in [0.05, 0.1) is 13.2 Å². The van der Waals surface area contributed by atoms with Gasteiger partial charge in [-0.2, -0.15) is 0 Å². The van der Waals surface area contributed by atoms with E-state index < -0.39 is 0 Å². The van der Waals surface area contributed by atoms with Crippen LogP contribution < -0.4 is 0 Å². The number of amides is 1. The first-order valence-corrected chi connectivity index (χ1v) is 5.79. The van der Waals surface area contributed by atoms with Gasteiger partial charge in [-0.3, -0.25) is 0 Å². The molecule has 3 aliphatic rings. The molecule has 16 heavy (non-hydrogen) atoms. The molecule has 1 saturated carbocycles. The van der Waals surface area contributed by atoms with Crippen molar-refractivity contribution in [1.82, 2.24) is 4.90 Å². The summed E-state index contributed by atoms with van der Waals surface area (Å²) in [6.45, 7) is 6.96. The second kappa shape index (κ2) is 2.90. The molecule has 1 amide bonds. The Kier molecular flexibility index (Phi) is 1.80. The molecule has 3 heteroatoms. The summed E-state index contributed by atoms with van der Waals surface area (Å²) >= 11 is 0. The molecule has 0 aromatic heterocycles. The van der Waals surface area contributed by atoms with Crippen LogP contribution in [0.4, 0.5) is 4.79 Å². The molecule has 1 saturated heterocycles. The first kappa shape index (κ1) is 9.94. The highest BCUT2D eigenvalue weighted by Gasteiger charge is 2.67. The summed E-state index contributed by atoms with van der Waals surface area (Å²) < 4.78 is 4.83. The second-order valence-electron chi connectivity index (χ2n) is 5.31. The van der Waals surface area contributed by atoms with E-state index in [0.717, 1.165) is 13.0 Å². The molecule has 0 bridgehead atoms. The predicted octanol–water partition coefficient (Wildman–Crippen LogP) is 2.21. The number of likely N-dealkylation sites (tertiary alicyclic amines) is 1. The van der Waals surface area contributed by atoms with Crippen LogP contribution in [-0.4, -0.2) is 30.7 Å². The largest absolute Gasteiger partial charge is 0.453 e. The lowest BCUT2D eigenvalue weighted by Gasteiger charge is -2.58. The van der Waals surface area contributed by atoms with E-state index in [1.807, 2.05) is 4.90 Å². The van der Waals surface area contributed by atoms with Crippen LogP contribution in [-0.2, 0) is 4.74 Å². The number of methoxy groups -OCH3 is 1. The number of hydrogen-bond donors (Lipinski definition) is 0. The molecule has 86 valence electrons. The van der Waals surface area contributed by atoms with Crippen molar-refractivity contribution in [1.29, 1.82) is 0 Å². The number of carbonyl (C=O) groups is 1. The van der Waals surface area contributed by atoms with Crippen LogP contribution in [0.5, 0.6) is 0 Å². The minimum absolute atomic E-state index is 0.192. The van der Waals surface area contributed by atoms with Crippen molar-refractivity contribution in [2.75, 3.05) is 13.7 Å². The average molecular weight is 219 g/mol. The van der Waals surface area contributed by atoms with E-state index in [0.29, 0.717) is 17.9 Å². The molecule has 2 fully saturated rings. The first-order valence-electron chi connectivity index (χ1n) is 5.79. The topological polar surface area (TPSA) is 29.5 Å². The third kappa shape index (κ3) is 0.920. The molecule has 4 unspecified atom stereocenters. The molecule has 0 radical (unpaired) electrons. The van der Waals surface area contributed by atoms with Gasteiger partial charge in [0.1, 0.15) is 0 Å². The summed E-state index contributed by atoms with van der Waals surface area (Å²) in [6, 6.07) is 0.299. The van der Waals surface area contributed by atoms with Gasteiger partial charge in [0.15, 0.2) is 0 Å². The number of allylic oxidation sites excluding steroid dienone is 1. The molecule has 0 aromatic carbocycles. The maximum Gasteiger partial charge on any atom is 0.409 e. The predicted molar refractivity (Wildman–Crippen MR) is 60.9 cm³/mol. The van der Waals surface area contributed by atoms with E-state index in [-0.39, 0.29) is 11.5 Å². The lowest BCUT2D eigenvalue weighted by Crippen LogP contribution is -2.68. The number of hydrogen-bond acceptors (Lipinski definition) is 2. The molecular formula is C13H17NO2. The van der Waals surface area contributed by atoms with Crippen LogP contribution in [0, 0.1) is 17.3 Å².